The minimum Gasteiger partial charge on any atom is -0.465 e. The van der Waals surface area contributed by atoms with Crippen LogP contribution in [-0.2, 0) is 37.4 Å². The van der Waals surface area contributed by atoms with E-state index in [1.165, 1.54) is 41.8 Å². The Labute approximate surface area is 272 Å². The van der Waals surface area contributed by atoms with Gasteiger partial charge < -0.3 is 14.1 Å². The van der Waals surface area contributed by atoms with Crippen molar-refractivity contribution in [3.63, 3.8) is 0 Å². The topological polar surface area (TPSA) is 97.1 Å². The van der Waals surface area contributed by atoms with Gasteiger partial charge in [0.1, 0.15) is 17.1 Å². The number of allylic oxidation sites excluding steroid dienone is 2. The van der Waals surface area contributed by atoms with Gasteiger partial charge in [0.05, 0.1) is 24.2 Å². The van der Waals surface area contributed by atoms with Crippen LogP contribution in [0.15, 0.2) is 105 Å². The molecule has 232 valence electrons. The number of anilines is 1. The van der Waals surface area contributed by atoms with Gasteiger partial charge in [-0.2, -0.15) is 4.31 Å². The minimum atomic E-state index is -3.98. The van der Waals surface area contributed by atoms with Gasteiger partial charge in [0, 0.05) is 34.1 Å². The molecule has 0 saturated carbocycles. The van der Waals surface area contributed by atoms with Crippen LogP contribution in [0.25, 0.3) is 6.08 Å². The second-order valence-corrected chi connectivity index (χ2v) is 13.4. The van der Waals surface area contributed by atoms with Crippen LogP contribution in [0, 0.1) is 13.8 Å². The standard InChI is InChI=1S/C34H30Cl2N2O6S/c1-21-5-12-27(17-22(21)2)38-23(3)32(34(40)43-4)33(39)31(38)18-28-13-14-29(44-28)20-37(19-24-6-8-25(35)9-7-24)45(41,42)30-15-10-26(36)11-16-30/h5-18H,19-20H2,1-4H3/b31-18+. The highest BCUT2D eigenvalue weighted by Crippen LogP contribution is 2.37. The number of methoxy groups -OCH3 is 1. The van der Waals surface area contributed by atoms with Crippen LogP contribution < -0.4 is 4.90 Å². The van der Waals surface area contributed by atoms with Gasteiger partial charge in [-0.25, -0.2) is 13.2 Å². The summed E-state index contributed by atoms with van der Waals surface area (Å²) in [4.78, 5) is 27.9. The maximum Gasteiger partial charge on any atom is 0.343 e. The molecule has 0 N–H and O–H groups in total. The summed E-state index contributed by atoms with van der Waals surface area (Å²) in [6.45, 7) is 5.58. The number of carbonyl (C=O) groups is 2. The zero-order valence-electron chi connectivity index (χ0n) is 25.0. The Morgan fingerprint density at radius 1 is 0.889 bits per heavy atom. The monoisotopic (exact) mass is 664 g/mol. The lowest BCUT2D eigenvalue weighted by molar-refractivity contribution is -0.137. The van der Waals surface area contributed by atoms with E-state index in [0.29, 0.717) is 33.0 Å². The quantitative estimate of drug-likeness (QED) is 0.104. The number of aryl methyl sites for hydroxylation is 2. The Bertz CT molecular complexity index is 1940. The van der Waals surface area contributed by atoms with Crippen LogP contribution in [-0.4, -0.2) is 31.6 Å². The van der Waals surface area contributed by atoms with Crippen molar-refractivity contribution in [2.45, 2.75) is 38.8 Å². The fourth-order valence-electron chi connectivity index (χ4n) is 5.00. The Balaban J connectivity index is 1.50. The summed E-state index contributed by atoms with van der Waals surface area (Å²) in [5.74, 6) is -0.601. The number of Topliss-reactive ketones (excluding diaryl/α,β-unsaturated/α-hetero) is 1. The van der Waals surface area contributed by atoms with Gasteiger partial charge in [0.2, 0.25) is 15.8 Å². The number of ether oxygens (including phenoxy) is 1. The largest absolute Gasteiger partial charge is 0.465 e. The number of sulfonamides is 1. The summed E-state index contributed by atoms with van der Waals surface area (Å²) in [7, 11) is -2.75. The maximum absolute atomic E-state index is 13.8. The van der Waals surface area contributed by atoms with E-state index >= 15 is 0 Å². The van der Waals surface area contributed by atoms with E-state index in [4.69, 9.17) is 32.4 Å². The molecule has 0 fully saturated rings. The fraction of sp³-hybridized carbons (Fsp3) is 0.176. The molecule has 1 aliphatic heterocycles. The average molecular weight is 666 g/mol. The second-order valence-electron chi connectivity index (χ2n) is 10.6. The van der Waals surface area contributed by atoms with E-state index in [0.717, 1.165) is 16.7 Å². The molecule has 0 amide bonds. The van der Waals surface area contributed by atoms with Crippen LogP contribution in [0.5, 0.6) is 0 Å². The number of hydrogen-bond acceptors (Lipinski definition) is 7. The Kier molecular flexibility index (Phi) is 9.36. The molecule has 0 radical (unpaired) electrons. The third kappa shape index (κ3) is 6.77. The lowest BCUT2D eigenvalue weighted by Crippen LogP contribution is -2.30. The molecule has 1 aromatic heterocycles. The van der Waals surface area contributed by atoms with Crippen LogP contribution >= 0.6 is 23.2 Å². The van der Waals surface area contributed by atoms with Crippen molar-refractivity contribution in [2.75, 3.05) is 12.0 Å². The molecule has 5 rings (SSSR count). The zero-order valence-corrected chi connectivity index (χ0v) is 27.3. The number of esters is 1. The van der Waals surface area contributed by atoms with E-state index in [1.54, 1.807) is 48.2 Å². The maximum atomic E-state index is 13.8. The van der Waals surface area contributed by atoms with Gasteiger partial charge in [0.15, 0.2) is 0 Å². The van der Waals surface area contributed by atoms with Crippen molar-refractivity contribution in [3.8, 4) is 0 Å². The molecule has 8 nitrogen and oxygen atoms in total. The molecule has 0 bridgehead atoms. The lowest BCUT2D eigenvalue weighted by atomic mass is 10.1. The average Bonchev–Trinajstić information content (AvgIpc) is 3.55. The predicted molar refractivity (Wildman–Crippen MR) is 174 cm³/mol. The van der Waals surface area contributed by atoms with Crippen molar-refractivity contribution in [1.82, 2.24) is 4.31 Å². The molecular formula is C34H30Cl2N2O6S. The van der Waals surface area contributed by atoms with Gasteiger partial charge >= 0.3 is 5.97 Å². The molecule has 0 unspecified atom stereocenters. The molecule has 0 saturated heterocycles. The van der Waals surface area contributed by atoms with E-state index in [2.05, 4.69) is 0 Å². The van der Waals surface area contributed by atoms with E-state index in [1.807, 2.05) is 32.0 Å². The molecule has 1 aliphatic rings. The normalized spacial score (nSPS) is 14.6. The number of halogens is 2. The van der Waals surface area contributed by atoms with Crippen LogP contribution in [0.4, 0.5) is 5.69 Å². The molecule has 0 atom stereocenters. The first-order valence-electron chi connectivity index (χ1n) is 13.9. The SMILES string of the molecule is COC(=O)C1=C(C)N(c2ccc(C)c(C)c2)/C(=C/c2ccc(CN(Cc3ccc(Cl)cc3)S(=O)(=O)c3ccc(Cl)cc3)o2)C1=O. The molecule has 11 heteroatoms. The highest BCUT2D eigenvalue weighted by atomic mass is 35.5. The molecule has 4 aromatic rings. The Hall–Kier alpha value is -4.15. The van der Waals surface area contributed by atoms with Crippen molar-refractivity contribution in [1.29, 1.82) is 0 Å². The second kappa shape index (κ2) is 13.1. The summed E-state index contributed by atoms with van der Waals surface area (Å²) in [6.07, 6.45) is 1.54. The number of ketones is 1. The molecule has 0 aliphatic carbocycles. The number of nitrogens with zero attached hydrogens (tertiary/aromatic N) is 2. The summed E-state index contributed by atoms with van der Waals surface area (Å²) in [5.41, 5.74) is 4.07. The predicted octanol–water partition coefficient (Wildman–Crippen LogP) is 7.47. The molecule has 3 aromatic carbocycles. The van der Waals surface area contributed by atoms with Crippen LogP contribution in [0.1, 0.15) is 35.1 Å². The van der Waals surface area contributed by atoms with Crippen molar-refractivity contribution >= 4 is 56.7 Å². The highest BCUT2D eigenvalue weighted by molar-refractivity contribution is 7.89. The highest BCUT2D eigenvalue weighted by Gasteiger charge is 2.38. The van der Waals surface area contributed by atoms with Gasteiger partial charge in [-0.1, -0.05) is 41.4 Å². The van der Waals surface area contributed by atoms with Gasteiger partial charge in [0.25, 0.3) is 0 Å². The van der Waals surface area contributed by atoms with Crippen molar-refractivity contribution in [2.24, 2.45) is 0 Å². The molecule has 0 spiro atoms. The number of rotatable bonds is 9. The van der Waals surface area contributed by atoms with Gasteiger partial charge in [-0.3, -0.25) is 4.79 Å². The van der Waals surface area contributed by atoms with E-state index in [-0.39, 0.29) is 29.3 Å². The zero-order chi connectivity index (χ0) is 32.5. The molecular weight excluding hydrogens is 635 g/mol. The smallest absolute Gasteiger partial charge is 0.343 e. The third-order valence-corrected chi connectivity index (χ3v) is 9.86. The number of hydrogen-bond donors (Lipinski definition) is 0. The van der Waals surface area contributed by atoms with Crippen LogP contribution in [0.2, 0.25) is 10.0 Å². The summed E-state index contributed by atoms with van der Waals surface area (Å²) in [5, 5.41) is 0.948. The fourth-order valence-corrected chi connectivity index (χ4v) is 6.64. The molecule has 45 heavy (non-hydrogen) atoms. The number of benzene rings is 3. The molecule has 2 heterocycles. The van der Waals surface area contributed by atoms with Gasteiger partial charge in [-0.05, 0) is 98.1 Å². The summed E-state index contributed by atoms with van der Waals surface area (Å²) >= 11 is 12.1. The lowest BCUT2D eigenvalue weighted by Gasteiger charge is -2.22. The first-order valence-corrected chi connectivity index (χ1v) is 16.1. The van der Waals surface area contributed by atoms with Crippen LogP contribution in [0.3, 0.4) is 0 Å². The van der Waals surface area contributed by atoms with Gasteiger partial charge in [-0.15, -0.1) is 0 Å². The Morgan fingerprint density at radius 2 is 1.53 bits per heavy atom. The van der Waals surface area contributed by atoms with E-state index < -0.39 is 21.8 Å². The minimum absolute atomic E-state index is 0.0455. The third-order valence-electron chi connectivity index (χ3n) is 7.55. The first kappa shape index (κ1) is 32.2. The van der Waals surface area contributed by atoms with E-state index in [9.17, 15) is 18.0 Å². The Morgan fingerprint density at radius 3 is 2.16 bits per heavy atom. The summed E-state index contributed by atoms with van der Waals surface area (Å²) < 4.78 is 39.8. The number of furan rings is 1. The first-order chi connectivity index (χ1) is 21.4. The van der Waals surface area contributed by atoms with Crippen molar-refractivity contribution < 1.29 is 27.2 Å². The summed E-state index contributed by atoms with van der Waals surface area (Å²) in [6, 6.07) is 21.9. The van der Waals surface area contributed by atoms with Crippen molar-refractivity contribution in [3.05, 3.63) is 134 Å². The number of carbonyl (C=O) groups excluding carboxylic acids is 2.